The van der Waals surface area contributed by atoms with E-state index in [1.807, 2.05) is 6.07 Å². The average molecular weight is 352 g/mol. The van der Waals surface area contributed by atoms with Gasteiger partial charge >= 0.3 is 0 Å². The second kappa shape index (κ2) is 7.33. The molecule has 0 fully saturated rings. The molecule has 0 bridgehead atoms. The number of nitrogens with zero attached hydrogens (tertiary/aromatic N) is 1. The van der Waals surface area contributed by atoms with Crippen molar-refractivity contribution in [2.75, 3.05) is 5.32 Å². The van der Waals surface area contributed by atoms with E-state index in [4.69, 9.17) is 34.8 Å². The standard InChI is InChI=1S/C16H9Cl3N2O/c17-12-5-3-6-13(18)11(12)8-10(9-20)16(22)21-15-7-2-1-4-14(15)19/h1-8H,(H,21,22)/b10-8+. The van der Waals surface area contributed by atoms with Crippen molar-refractivity contribution in [2.45, 2.75) is 0 Å². The van der Waals surface area contributed by atoms with Crippen molar-refractivity contribution in [2.24, 2.45) is 0 Å². The molecule has 2 aromatic carbocycles. The number of halogens is 3. The first-order valence-corrected chi connectivity index (χ1v) is 7.28. The Labute approximate surface area is 142 Å². The molecule has 6 heteroatoms. The zero-order chi connectivity index (χ0) is 16.1. The molecule has 0 aromatic heterocycles. The summed E-state index contributed by atoms with van der Waals surface area (Å²) in [5.74, 6) is -0.591. The van der Waals surface area contributed by atoms with Crippen molar-refractivity contribution in [3.63, 3.8) is 0 Å². The first-order valence-electron chi connectivity index (χ1n) is 6.14. The third kappa shape index (κ3) is 3.80. The number of benzene rings is 2. The molecule has 0 unspecified atom stereocenters. The molecule has 0 atom stereocenters. The lowest BCUT2D eigenvalue weighted by atomic mass is 10.1. The Hall–Kier alpha value is -1.99. The van der Waals surface area contributed by atoms with Crippen LogP contribution in [0.3, 0.4) is 0 Å². The Morgan fingerprint density at radius 3 is 2.18 bits per heavy atom. The highest BCUT2D eigenvalue weighted by atomic mass is 35.5. The highest BCUT2D eigenvalue weighted by Gasteiger charge is 2.13. The summed E-state index contributed by atoms with van der Waals surface area (Å²) in [6.45, 7) is 0. The molecular weight excluding hydrogens is 343 g/mol. The average Bonchev–Trinajstić information content (AvgIpc) is 2.49. The molecule has 0 spiro atoms. The summed E-state index contributed by atoms with van der Waals surface area (Å²) in [7, 11) is 0. The number of rotatable bonds is 3. The first kappa shape index (κ1) is 16.4. The number of nitrogens with one attached hydrogen (secondary N) is 1. The SMILES string of the molecule is N#C/C(=C\c1c(Cl)cccc1Cl)C(=O)Nc1ccccc1Cl. The fraction of sp³-hybridized carbons (Fsp3) is 0. The van der Waals surface area contributed by atoms with Crippen LogP contribution in [-0.4, -0.2) is 5.91 Å². The predicted molar refractivity (Wildman–Crippen MR) is 90.1 cm³/mol. The highest BCUT2D eigenvalue weighted by molar-refractivity contribution is 6.37. The normalized spacial score (nSPS) is 10.9. The van der Waals surface area contributed by atoms with Gasteiger partial charge in [0.05, 0.1) is 10.7 Å². The third-order valence-electron chi connectivity index (χ3n) is 2.78. The number of carbonyl (C=O) groups is 1. The van der Waals surface area contributed by atoms with Crippen LogP contribution in [0.15, 0.2) is 48.0 Å². The molecule has 0 aliphatic carbocycles. The van der Waals surface area contributed by atoms with Crippen LogP contribution in [0.4, 0.5) is 5.69 Å². The quantitative estimate of drug-likeness (QED) is 0.611. The Kier molecular flexibility index (Phi) is 5.46. The van der Waals surface area contributed by atoms with Gasteiger partial charge in [0.2, 0.25) is 0 Å². The predicted octanol–water partition coefficient (Wildman–Crippen LogP) is 5.19. The molecule has 110 valence electrons. The third-order valence-corrected chi connectivity index (χ3v) is 3.76. The van der Waals surface area contributed by atoms with Crippen LogP contribution in [0.1, 0.15) is 5.56 Å². The van der Waals surface area contributed by atoms with E-state index in [9.17, 15) is 10.1 Å². The Balaban J connectivity index is 2.33. The van der Waals surface area contributed by atoms with Gasteiger partial charge in [-0.05, 0) is 30.3 Å². The highest BCUT2D eigenvalue weighted by Crippen LogP contribution is 2.27. The van der Waals surface area contributed by atoms with E-state index in [0.29, 0.717) is 26.3 Å². The second-order valence-corrected chi connectivity index (χ2v) is 5.46. The van der Waals surface area contributed by atoms with E-state index in [2.05, 4.69) is 5.32 Å². The van der Waals surface area contributed by atoms with Crippen LogP contribution in [-0.2, 0) is 4.79 Å². The molecular formula is C16H9Cl3N2O. The van der Waals surface area contributed by atoms with Gasteiger partial charge in [-0.3, -0.25) is 4.79 Å². The maximum atomic E-state index is 12.2. The zero-order valence-electron chi connectivity index (χ0n) is 11.1. The molecule has 0 radical (unpaired) electrons. The van der Waals surface area contributed by atoms with Crippen molar-refractivity contribution in [1.82, 2.24) is 0 Å². The van der Waals surface area contributed by atoms with Crippen LogP contribution in [0.5, 0.6) is 0 Å². The molecule has 0 aliphatic heterocycles. The second-order valence-electron chi connectivity index (χ2n) is 4.24. The van der Waals surface area contributed by atoms with Crippen LogP contribution in [0, 0.1) is 11.3 Å². The van der Waals surface area contributed by atoms with Gasteiger partial charge < -0.3 is 5.32 Å². The summed E-state index contributed by atoms with van der Waals surface area (Å²) in [6.07, 6.45) is 1.34. The Morgan fingerprint density at radius 1 is 1.00 bits per heavy atom. The molecule has 2 aromatic rings. The van der Waals surface area contributed by atoms with Gasteiger partial charge in [-0.15, -0.1) is 0 Å². The molecule has 3 nitrogen and oxygen atoms in total. The molecule has 0 heterocycles. The maximum Gasteiger partial charge on any atom is 0.266 e. The summed E-state index contributed by atoms with van der Waals surface area (Å²) >= 11 is 18.0. The summed E-state index contributed by atoms with van der Waals surface area (Å²) in [4.78, 5) is 12.2. The number of anilines is 1. The summed E-state index contributed by atoms with van der Waals surface area (Å²) in [5, 5.41) is 12.8. The van der Waals surface area contributed by atoms with E-state index in [1.165, 1.54) is 6.08 Å². The van der Waals surface area contributed by atoms with Crippen LogP contribution >= 0.6 is 34.8 Å². The Morgan fingerprint density at radius 2 is 1.59 bits per heavy atom. The van der Waals surface area contributed by atoms with Crippen molar-refractivity contribution in [3.8, 4) is 6.07 Å². The summed E-state index contributed by atoms with van der Waals surface area (Å²) < 4.78 is 0. The van der Waals surface area contributed by atoms with Gasteiger partial charge in [-0.1, -0.05) is 53.0 Å². The number of para-hydroxylation sites is 1. The van der Waals surface area contributed by atoms with Gasteiger partial charge in [-0.25, -0.2) is 0 Å². The van der Waals surface area contributed by atoms with Crippen molar-refractivity contribution >= 4 is 52.5 Å². The first-order chi connectivity index (χ1) is 10.5. The lowest BCUT2D eigenvalue weighted by Crippen LogP contribution is -2.13. The fourth-order valence-electron chi connectivity index (χ4n) is 1.69. The van der Waals surface area contributed by atoms with Gasteiger partial charge in [0, 0.05) is 15.6 Å². The van der Waals surface area contributed by atoms with Crippen molar-refractivity contribution < 1.29 is 4.79 Å². The van der Waals surface area contributed by atoms with E-state index >= 15 is 0 Å². The van der Waals surface area contributed by atoms with E-state index < -0.39 is 5.91 Å². The minimum absolute atomic E-state index is 0.130. The smallest absolute Gasteiger partial charge is 0.266 e. The minimum atomic E-state index is -0.591. The van der Waals surface area contributed by atoms with Crippen LogP contribution in [0.25, 0.3) is 6.08 Å². The lowest BCUT2D eigenvalue weighted by Gasteiger charge is -2.07. The van der Waals surface area contributed by atoms with Gasteiger partial charge in [-0.2, -0.15) is 5.26 Å². The molecule has 1 N–H and O–H groups in total. The van der Waals surface area contributed by atoms with Crippen molar-refractivity contribution in [3.05, 3.63) is 68.7 Å². The molecule has 0 saturated heterocycles. The van der Waals surface area contributed by atoms with Gasteiger partial charge in [0.1, 0.15) is 11.6 Å². The fourth-order valence-corrected chi connectivity index (χ4v) is 2.38. The minimum Gasteiger partial charge on any atom is -0.320 e. The van der Waals surface area contributed by atoms with Crippen LogP contribution < -0.4 is 5.32 Å². The van der Waals surface area contributed by atoms with Crippen LogP contribution in [0.2, 0.25) is 15.1 Å². The maximum absolute atomic E-state index is 12.2. The topological polar surface area (TPSA) is 52.9 Å². The van der Waals surface area contributed by atoms with Crippen molar-refractivity contribution in [1.29, 1.82) is 5.26 Å². The molecule has 22 heavy (non-hydrogen) atoms. The summed E-state index contributed by atoms with van der Waals surface area (Å²) in [6, 6.07) is 13.5. The summed E-state index contributed by atoms with van der Waals surface area (Å²) in [5.41, 5.74) is 0.701. The van der Waals surface area contributed by atoms with E-state index in [0.717, 1.165) is 0 Å². The van der Waals surface area contributed by atoms with Gasteiger partial charge in [0.15, 0.2) is 0 Å². The van der Waals surface area contributed by atoms with E-state index in [-0.39, 0.29) is 5.57 Å². The monoisotopic (exact) mass is 350 g/mol. The molecule has 0 aliphatic rings. The molecule has 0 saturated carbocycles. The zero-order valence-corrected chi connectivity index (χ0v) is 13.4. The Bertz CT molecular complexity index is 774. The number of hydrogen-bond donors (Lipinski definition) is 1. The molecule has 1 amide bonds. The largest absolute Gasteiger partial charge is 0.320 e. The van der Waals surface area contributed by atoms with E-state index in [1.54, 1.807) is 42.5 Å². The van der Waals surface area contributed by atoms with Gasteiger partial charge in [0.25, 0.3) is 5.91 Å². The number of amides is 1. The number of hydrogen-bond acceptors (Lipinski definition) is 2. The number of nitriles is 1. The molecule has 2 rings (SSSR count). The lowest BCUT2D eigenvalue weighted by molar-refractivity contribution is -0.112. The number of carbonyl (C=O) groups excluding carboxylic acids is 1.